The number of oxazole rings is 1. The van der Waals surface area contributed by atoms with Crippen LogP contribution in [-0.2, 0) is 16.4 Å². The van der Waals surface area contributed by atoms with Crippen LogP contribution in [0.1, 0.15) is 30.2 Å². The highest BCUT2D eigenvalue weighted by Crippen LogP contribution is 2.23. The highest BCUT2D eigenvalue weighted by molar-refractivity contribution is 7.91. The Kier molecular flexibility index (Phi) is 4.07. The molecular formula is C14H23N3O3S. The van der Waals surface area contributed by atoms with Gasteiger partial charge in [-0.05, 0) is 39.8 Å². The lowest BCUT2D eigenvalue weighted by Crippen LogP contribution is -2.48. The minimum atomic E-state index is -2.94. The molecule has 118 valence electrons. The van der Waals surface area contributed by atoms with E-state index in [-0.39, 0.29) is 23.6 Å². The summed E-state index contributed by atoms with van der Waals surface area (Å²) >= 11 is 0. The van der Waals surface area contributed by atoms with Gasteiger partial charge >= 0.3 is 0 Å². The van der Waals surface area contributed by atoms with E-state index in [4.69, 9.17) is 4.42 Å². The summed E-state index contributed by atoms with van der Waals surface area (Å²) in [5.74, 6) is 1.94. The van der Waals surface area contributed by atoms with Crippen molar-refractivity contribution in [1.82, 2.24) is 15.2 Å². The third-order valence-electron chi connectivity index (χ3n) is 4.52. The molecule has 7 heteroatoms. The molecule has 6 nitrogen and oxygen atoms in total. The SMILES string of the molecule is Cc1nc(CN[C@H]2CS(=O)(=O)C[C@H]2N2CCCC2)oc1C. The first-order valence-corrected chi connectivity index (χ1v) is 9.37. The summed E-state index contributed by atoms with van der Waals surface area (Å²) in [4.78, 5) is 6.65. The number of rotatable bonds is 4. The number of likely N-dealkylation sites (tertiary alicyclic amines) is 1. The van der Waals surface area contributed by atoms with Crippen LogP contribution in [0, 0.1) is 13.8 Å². The lowest BCUT2D eigenvalue weighted by molar-refractivity contribution is 0.223. The van der Waals surface area contributed by atoms with Gasteiger partial charge in [0.25, 0.3) is 0 Å². The van der Waals surface area contributed by atoms with E-state index in [0.29, 0.717) is 12.4 Å². The second-order valence-corrected chi connectivity index (χ2v) is 8.28. The summed E-state index contributed by atoms with van der Waals surface area (Å²) in [6, 6.07) is 0.0651. The second kappa shape index (κ2) is 5.70. The van der Waals surface area contributed by atoms with Crippen molar-refractivity contribution in [2.75, 3.05) is 24.6 Å². The number of aryl methyl sites for hydroxylation is 2. The van der Waals surface area contributed by atoms with Crippen molar-refractivity contribution in [2.24, 2.45) is 0 Å². The van der Waals surface area contributed by atoms with E-state index in [1.54, 1.807) is 0 Å². The smallest absolute Gasteiger partial charge is 0.208 e. The number of nitrogens with one attached hydrogen (secondary N) is 1. The molecule has 0 amide bonds. The van der Waals surface area contributed by atoms with Crippen LogP contribution in [-0.4, -0.2) is 55.0 Å². The topological polar surface area (TPSA) is 75.4 Å². The molecule has 0 unspecified atom stereocenters. The number of hydrogen-bond donors (Lipinski definition) is 1. The van der Waals surface area contributed by atoms with Gasteiger partial charge in [-0.25, -0.2) is 13.4 Å². The first-order chi connectivity index (χ1) is 9.94. The van der Waals surface area contributed by atoms with Crippen LogP contribution in [0.5, 0.6) is 0 Å². The van der Waals surface area contributed by atoms with Gasteiger partial charge in [-0.15, -0.1) is 0 Å². The summed E-state index contributed by atoms with van der Waals surface area (Å²) in [6.07, 6.45) is 2.34. The van der Waals surface area contributed by atoms with Gasteiger partial charge in [0.2, 0.25) is 5.89 Å². The lowest BCUT2D eigenvalue weighted by Gasteiger charge is -2.28. The van der Waals surface area contributed by atoms with Gasteiger partial charge in [-0.2, -0.15) is 0 Å². The van der Waals surface area contributed by atoms with E-state index in [0.717, 1.165) is 24.5 Å². The summed E-state index contributed by atoms with van der Waals surface area (Å²) < 4.78 is 29.5. The molecule has 2 saturated heterocycles. The molecule has 0 aliphatic carbocycles. The minimum absolute atomic E-state index is 0.0272. The fourth-order valence-corrected chi connectivity index (χ4v) is 5.28. The molecule has 1 aromatic rings. The summed E-state index contributed by atoms with van der Waals surface area (Å²) in [7, 11) is -2.94. The molecule has 1 N–H and O–H groups in total. The first kappa shape index (κ1) is 15.0. The molecule has 0 aromatic carbocycles. The molecular weight excluding hydrogens is 290 g/mol. The highest BCUT2D eigenvalue weighted by Gasteiger charge is 2.41. The zero-order valence-corrected chi connectivity index (χ0v) is 13.4. The summed E-state index contributed by atoms with van der Waals surface area (Å²) in [5.41, 5.74) is 0.891. The van der Waals surface area contributed by atoms with Crippen molar-refractivity contribution in [3.05, 3.63) is 17.3 Å². The first-order valence-electron chi connectivity index (χ1n) is 7.55. The highest BCUT2D eigenvalue weighted by atomic mass is 32.2. The Morgan fingerprint density at radius 2 is 2.00 bits per heavy atom. The maximum atomic E-state index is 12.0. The Morgan fingerprint density at radius 1 is 1.29 bits per heavy atom. The predicted molar refractivity (Wildman–Crippen MR) is 79.9 cm³/mol. The zero-order valence-electron chi connectivity index (χ0n) is 12.6. The Labute approximate surface area is 125 Å². The van der Waals surface area contributed by atoms with Crippen molar-refractivity contribution in [3.63, 3.8) is 0 Å². The predicted octanol–water partition coefficient (Wildman–Crippen LogP) is 0.642. The Morgan fingerprint density at radius 3 is 2.62 bits per heavy atom. The normalized spacial score (nSPS) is 29.2. The maximum Gasteiger partial charge on any atom is 0.208 e. The Hall–Kier alpha value is -0.920. The van der Waals surface area contributed by atoms with Gasteiger partial charge in [-0.3, -0.25) is 4.90 Å². The molecule has 2 atom stereocenters. The van der Waals surface area contributed by atoms with Crippen LogP contribution in [0.25, 0.3) is 0 Å². The molecule has 2 fully saturated rings. The van der Waals surface area contributed by atoms with Gasteiger partial charge in [0.15, 0.2) is 9.84 Å². The minimum Gasteiger partial charge on any atom is -0.444 e. The third-order valence-corrected chi connectivity index (χ3v) is 6.24. The molecule has 3 heterocycles. The molecule has 1 aromatic heterocycles. The number of aromatic nitrogens is 1. The van der Waals surface area contributed by atoms with Crippen LogP contribution >= 0.6 is 0 Å². The van der Waals surface area contributed by atoms with Crippen LogP contribution in [0.2, 0.25) is 0 Å². The van der Waals surface area contributed by atoms with Crippen molar-refractivity contribution in [1.29, 1.82) is 0 Å². The van der Waals surface area contributed by atoms with E-state index in [9.17, 15) is 8.42 Å². The molecule has 0 radical (unpaired) electrons. The van der Waals surface area contributed by atoms with Crippen molar-refractivity contribution in [2.45, 2.75) is 45.3 Å². The van der Waals surface area contributed by atoms with Gasteiger partial charge in [0, 0.05) is 12.1 Å². The lowest BCUT2D eigenvalue weighted by atomic mass is 10.1. The average Bonchev–Trinajstić information content (AvgIpc) is 3.08. The molecule has 0 bridgehead atoms. The van der Waals surface area contributed by atoms with E-state index in [1.165, 1.54) is 12.8 Å². The molecule has 2 aliphatic rings. The van der Waals surface area contributed by atoms with Crippen molar-refractivity contribution < 1.29 is 12.8 Å². The molecule has 0 saturated carbocycles. The van der Waals surface area contributed by atoms with Crippen LogP contribution in [0.4, 0.5) is 0 Å². The molecule has 21 heavy (non-hydrogen) atoms. The molecule has 0 spiro atoms. The number of sulfone groups is 1. The van der Waals surface area contributed by atoms with E-state index in [1.807, 2.05) is 13.8 Å². The van der Waals surface area contributed by atoms with Crippen molar-refractivity contribution in [3.8, 4) is 0 Å². The van der Waals surface area contributed by atoms with Gasteiger partial charge in [0.05, 0.1) is 23.7 Å². The van der Waals surface area contributed by atoms with Gasteiger partial charge in [-0.1, -0.05) is 0 Å². The maximum absolute atomic E-state index is 12.0. The van der Waals surface area contributed by atoms with E-state index in [2.05, 4.69) is 15.2 Å². The Balaban J connectivity index is 1.67. The Bertz CT molecular complexity index is 585. The second-order valence-electron chi connectivity index (χ2n) is 6.12. The van der Waals surface area contributed by atoms with Crippen LogP contribution in [0.3, 0.4) is 0 Å². The fourth-order valence-electron chi connectivity index (χ4n) is 3.29. The van der Waals surface area contributed by atoms with Crippen molar-refractivity contribution >= 4 is 9.84 Å². The van der Waals surface area contributed by atoms with Gasteiger partial charge in [0.1, 0.15) is 5.76 Å². The third kappa shape index (κ3) is 3.30. The number of hydrogen-bond acceptors (Lipinski definition) is 6. The molecule has 3 rings (SSSR count). The molecule has 2 aliphatic heterocycles. The summed E-state index contributed by atoms with van der Waals surface area (Å²) in [6.45, 7) is 6.30. The van der Waals surface area contributed by atoms with E-state index < -0.39 is 9.84 Å². The van der Waals surface area contributed by atoms with E-state index >= 15 is 0 Å². The van der Waals surface area contributed by atoms with Crippen LogP contribution in [0.15, 0.2) is 4.42 Å². The fraction of sp³-hybridized carbons (Fsp3) is 0.786. The largest absolute Gasteiger partial charge is 0.444 e. The standard InChI is InChI=1S/C14H23N3O3S/c1-10-11(2)20-14(16-10)7-15-12-8-21(18,19)9-13(12)17-5-3-4-6-17/h12-13,15H,3-9H2,1-2H3/t12-,13+/m0/s1. The average molecular weight is 313 g/mol. The zero-order chi connectivity index (χ0) is 15.0. The number of nitrogens with zero attached hydrogens (tertiary/aromatic N) is 2. The quantitative estimate of drug-likeness (QED) is 0.879. The monoisotopic (exact) mass is 313 g/mol. The van der Waals surface area contributed by atoms with Crippen LogP contribution < -0.4 is 5.32 Å². The summed E-state index contributed by atoms with van der Waals surface area (Å²) in [5, 5.41) is 3.34. The van der Waals surface area contributed by atoms with Gasteiger partial charge < -0.3 is 9.73 Å².